The molecule has 0 aromatic carbocycles. The Morgan fingerprint density at radius 2 is 2.25 bits per heavy atom. The van der Waals surface area contributed by atoms with Crippen LogP contribution in [0.2, 0.25) is 0 Å². The summed E-state index contributed by atoms with van der Waals surface area (Å²) in [4.78, 5) is 38.3. The molecule has 0 aliphatic rings. The number of hydrogen-bond acceptors (Lipinski definition) is 5. The van der Waals surface area contributed by atoms with E-state index in [1.807, 2.05) is 0 Å². The van der Waals surface area contributed by atoms with E-state index in [-0.39, 0.29) is 23.0 Å². The molecule has 1 aromatic heterocycles. The Labute approximate surface area is 94.3 Å². The molecule has 0 aliphatic carbocycles. The van der Waals surface area contributed by atoms with Gasteiger partial charge in [0.2, 0.25) is 11.9 Å². The Bertz CT molecular complexity index is 445. The number of anilines is 1. The van der Waals surface area contributed by atoms with Crippen LogP contribution >= 0.6 is 11.8 Å². The van der Waals surface area contributed by atoms with Crippen LogP contribution in [-0.4, -0.2) is 38.5 Å². The molecule has 0 saturated heterocycles. The molecule has 1 amide bonds. The summed E-state index contributed by atoms with van der Waals surface area (Å²) in [6.07, 6.45) is 1.26. The molecule has 1 aromatic rings. The second-order valence-corrected chi connectivity index (χ2v) is 3.70. The van der Waals surface area contributed by atoms with E-state index in [0.29, 0.717) is 0 Å². The van der Waals surface area contributed by atoms with Gasteiger partial charge < -0.3 is 5.11 Å². The van der Waals surface area contributed by atoms with Crippen molar-refractivity contribution in [2.24, 2.45) is 0 Å². The summed E-state index contributed by atoms with van der Waals surface area (Å²) in [6.45, 7) is 0. The van der Waals surface area contributed by atoms with Crippen LogP contribution in [0.1, 0.15) is 0 Å². The van der Waals surface area contributed by atoms with E-state index < -0.39 is 11.9 Å². The molecule has 3 N–H and O–H groups in total. The average molecular weight is 243 g/mol. The summed E-state index contributed by atoms with van der Waals surface area (Å²) in [7, 11) is 0. The Morgan fingerprint density at radius 1 is 1.50 bits per heavy atom. The van der Waals surface area contributed by atoms with Crippen LogP contribution in [0.25, 0.3) is 0 Å². The number of carbonyl (C=O) groups excluding carboxylic acids is 1. The van der Waals surface area contributed by atoms with Crippen LogP contribution in [0, 0.1) is 0 Å². The highest BCUT2D eigenvalue weighted by atomic mass is 32.2. The highest BCUT2D eigenvalue weighted by Gasteiger charge is 2.05. The minimum atomic E-state index is -0.982. The number of H-pyrrole nitrogens is 1. The number of carbonyl (C=O) groups is 2. The third-order valence-corrected chi connectivity index (χ3v) is 2.31. The highest BCUT2D eigenvalue weighted by molar-refractivity contribution is 8.00. The first-order valence-corrected chi connectivity index (χ1v) is 5.38. The summed E-state index contributed by atoms with van der Waals surface area (Å²) < 4.78 is 0. The SMILES string of the molecule is O=C(O)CSCC(=O)Nc1nccc(=O)[nH]1. The van der Waals surface area contributed by atoms with E-state index in [2.05, 4.69) is 15.3 Å². The molecule has 86 valence electrons. The Balaban J connectivity index is 2.40. The fraction of sp³-hybridized carbons (Fsp3) is 0.250. The molecule has 0 spiro atoms. The van der Waals surface area contributed by atoms with Gasteiger partial charge in [-0.2, -0.15) is 0 Å². The fourth-order valence-corrected chi connectivity index (χ4v) is 1.37. The molecule has 8 heteroatoms. The standard InChI is InChI=1S/C8H9N3O4S/c12-5-1-2-9-8(10-5)11-6(13)3-16-4-7(14)15/h1-2H,3-4H2,(H,14,15)(H2,9,10,11,12,13). The van der Waals surface area contributed by atoms with Crippen molar-refractivity contribution in [3.05, 3.63) is 22.6 Å². The van der Waals surface area contributed by atoms with Crippen LogP contribution in [0.5, 0.6) is 0 Å². The van der Waals surface area contributed by atoms with Crippen LogP contribution in [-0.2, 0) is 9.59 Å². The molecule has 0 saturated carbocycles. The molecular weight excluding hydrogens is 234 g/mol. The van der Waals surface area contributed by atoms with Gasteiger partial charge >= 0.3 is 5.97 Å². The average Bonchev–Trinajstić information content (AvgIpc) is 2.16. The largest absolute Gasteiger partial charge is 0.481 e. The van der Waals surface area contributed by atoms with Crippen LogP contribution in [0.3, 0.4) is 0 Å². The van der Waals surface area contributed by atoms with Gasteiger partial charge in [0, 0.05) is 12.3 Å². The van der Waals surface area contributed by atoms with Crippen molar-refractivity contribution in [2.75, 3.05) is 16.8 Å². The van der Waals surface area contributed by atoms with E-state index in [0.717, 1.165) is 11.8 Å². The number of rotatable bonds is 5. The summed E-state index contributed by atoms with van der Waals surface area (Å²) in [6, 6.07) is 1.22. The van der Waals surface area contributed by atoms with Gasteiger partial charge in [-0.25, -0.2) is 4.98 Å². The van der Waals surface area contributed by atoms with Crippen molar-refractivity contribution in [1.29, 1.82) is 0 Å². The first kappa shape index (κ1) is 12.2. The molecular formula is C8H9N3O4S. The van der Waals surface area contributed by atoms with Gasteiger partial charge in [-0.05, 0) is 0 Å². The zero-order chi connectivity index (χ0) is 12.0. The van der Waals surface area contributed by atoms with Gasteiger partial charge in [0.25, 0.3) is 5.56 Å². The van der Waals surface area contributed by atoms with Gasteiger partial charge in [0.1, 0.15) is 0 Å². The lowest BCUT2D eigenvalue weighted by atomic mass is 10.6. The van der Waals surface area contributed by atoms with Crippen LogP contribution in [0.15, 0.2) is 17.1 Å². The Kier molecular flexibility index (Phi) is 4.52. The second kappa shape index (κ2) is 5.91. The fourth-order valence-electron chi connectivity index (χ4n) is 0.833. The maximum Gasteiger partial charge on any atom is 0.313 e. The monoisotopic (exact) mass is 243 g/mol. The van der Waals surface area contributed by atoms with Crippen molar-refractivity contribution in [2.45, 2.75) is 0 Å². The molecule has 0 radical (unpaired) electrons. The third kappa shape index (κ3) is 4.60. The predicted octanol–water partition coefficient (Wildman–Crippen LogP) is -0.474. The number of hydrogen-bond donors (Lipinski definition) is 3. The number of carboxylic acids is 1. The first-order chi connectivity index (χ1) is 7.58. The quantitative estimate of drug-likeness (QED) is 0.644. The molecule has 1 heterocycles. The highest BCUT2D eigenvalue weighted by Crippen LogP contribution is 2.00. The number of aliphatic carboxylic acids is 1. The van der Waals surface area contributed by atoms with E-state index in [9.17, 15) is 14.4 Å². The molecule has 0 aliphatic heterocycles. The number of thioether (sulfide) groups is 1. The van der Waals surface area contributed by atoms with Crippen LogP contribution in [0.4, 0.5) is 5.95 Å². The topological polar surface area (TPSA) is 112 Å². The minimum absolute atomic E-state index is 0.00902. The second-order valence-electron chi connectivity index (χ2n) is 2.72. The van der Waals surface area contributed by atoms with Gasteiger partial charge in [0.05, 0.1) is 11.5 Å². The Hall–Kier alpha value is -1.83. The summed E-state index contributed by atoms with van der Waals surface area (Å²) in [5, 5.41) is 10.7. The minimum Gasteiger partial charge on any atom is -0.481 e. The van der Waals surface area contributed by atoms with Gasteiger partial charge in [-0.1, -0.05) is 0 Å². The third-order valence-electron chi connectivity index (χ3n) is 1.39. The lowest BCUT2D eigenvalue weighted by Gasteiger charge is -2.02. The van der Waals surface area contributed by atoms with Gasteiger partial charge in [0.15, 0.2) is 0 Å². The molecule has 0 fully saturated rings. The number of amides is 1. The Morgan fingerprint density at radius 3 is 2.88 bits per heavy atom. The number of aromatic nitrogens is 2. The predicted molar refractivity (Wildman–Crippen MR) is 58.4 cm³/mol. The lowest BCUT2D eigenvalue weighted by Crippen LogP contribution is -2.19. The maximum atomic E-state index is 11.2. The lowest BCUT2D eigenvalue weighted by molar-refractivity contribution is -0.133. The van der Waals surface area contributed by atoms with Crippen molar-refractivity contribution in [3.63, 3.8) is 0 Å². The summed E-state index contributed by atoms with van der Waals surface area (Å²) >= 11 is 0.962. The van der Waals surface area contributed by atoms with Gasteiger partial charge in [-0.3, -0.25) is 24.7 Å². The first-order valence-electron chi connectivity index (χ1n) is 4.22. The summed E-state index contributed by atoms with van der Waals surface area (Å²) in [5.41, 5.74) is -0.372. The van der Waals surface area contributed by atoms with E-state index in [1.54, 1.807) is 0 Å². The van der Waals surface area contributed by atoms with Crippen LogP contribution < -0.4 is 10.9 Å². The van der Waals surface area contributed by atoms with Crippen molar-refractivity contribution < 1.29 is 14.7 Å². The molecule has 7 nitrogen and oxygen atoms in total. The van der Waals surface area contributed by atoms with Crippen molar-refractivity contribution >= 4 is 29.6 Å². The van der Waals surface area contributed by atoms with Crippen molar-refractivity contribution in [1.82, 2.24) is 9.97 Å². The zero-order valence-corrected chi connectivity index (χ0v) is 8.91. The number of nitrogens with one attached hydrogen (secondary N) is 2. The molecule has 0 unspecified atom stereocenters. The molecule has 0 atom stereocenters. The zero-order valence-electron chi connectivity index (χ0n) is 8.10. The number of aromatic amines is 1. The van der Waals surface area contributed by atoms with Crippen molar-refractivity contribution in [3.8, 4) is 0 Å². The molecule has 16 heavy (non-hydrogen) atoms. The van der Waals surface area contributed by atoms with E-state index in [1.165, 1.54) is 12.3 Å². The van der Waals surface area contributed by atoms with E-state index >= 15 is 0 Å². The number of carboxylic acid groups (broad SMARTS) is 1. The summed E-state index contributed by atoms with van der Waals surface area (Å²) in [5.74, 6) is -1.50. The maximum absolute atomic E-state index is 11.2. The normalized spacial score (nSPS) is 9.75. The van der Waals surface area contributed by atoms with E-state index in [4.69, 9.17) is 5.11 Å². The molecule has 1 rings (SSSR count). The smallest absolute Gasteiger partial charge is 0.313 e. The number of nitrogens with zero attached hydrogens (tertiary/aromatic N) is 1. The van der Waals surface area contributed by atoms with Gasteiger partial charge in [-0.15, -0.1) is 11.8 Å². The molecule has 0 bridgehead atoms.